The third-order valence-corrected chi connectivity index (χ3v) is 5.38. The molecule has 112 valence electrons. The predicted molar refractivity (Wildman–Crippen MR) is 79.8 cm³/mol. The van der Waals surface area contributed by atoms with E-state index in [1.54, 1.807) is 19.1 Å². The predicted octanol–water partition coefficient (Wildman–Crippen LogP) is 1.01. The third-order valence-electron chi connectivity index (χ3n) is 3.07. The summed E-state index contributed by atoms with van der Waals surface area (Å²) in [5.74, 6) is 1.21. The molecule has 5 nitrogen and oxygen atoms in total. The van der Waals surface area contributed by atoms with Gasteiger partial charge in [0.2, 0.25) is 10.0 Å². The molecule has 2 rings (SSSR count). The molecule has 0 aromatic heterocycles. The monoisotopic (exact) mass is 317 g/mol. The Labute approximate surface area is 123 Å². The molecule has 0 spiro atoms. The molecule has 1 aromatic rings. The van der Waals surface area contributed by atoms with Crippen LogP contribution < -0.4 is 9.46 Å². The number of sulfonamides is 1. The lowest BCUT2D eigenvalue weighted by molar-refractivity contribution is 0.0908. The van der Waals surface area contributed by atoms with Crippen LogP contribution in [0, 0.1) is 0 Å². The number of aliphatic hydroxyl groups is 1. The van der Waals surface area contributed by atoms with Crippen molar-refractivity contribution in [1.82, 2.24) is 4.72 Å². The van der Waals surface area contributed by atoms with E-state index in [4.69, 9.17) is 4.74 Å². The molecular weight excluding hydrogens is 298 g/mol. The lowest BCUT2D eigenvalue weighted by Crippen LogP contribution is -2.42. The van der Waals surface area contributed by atoms with Crippen molar-refractivity contribution in [3.63, 3.8) is 0 Å². The highest BCUT2D eigenvalue weighted by atomic mass is 32.2. The first-order valence-electron chi connectivity index (χ1n) is 6.31. The summed E-state index contributed by atoms with van der Waals surface area (Å²) in [4.78, 5) is 0.210. The molecular formula is C13H19NO4S2. The van der Waals surface area contributed by atoms with Gasteiger partial charge in [0, 0.05) is 18.7 Å². The van der Waals surface area contributed by atoms with Gasteiger partial charge in [0.05, 0.1) is 17.1 Å². The Bertz CT molecular complexity index is 584. The first-order chi connectivity index (χ1) is 9.34. The van der Waals surface area contributed by atoms with Gasteiger partial charge in [0.1, 0.15) is 5.75 Å². The molecule has 7 heteroatoms. The second-order valence-corrected chi connectivity index (χ2v) is 7.76. The number of fused-ring (bicyclic) bond motifs is 1. The van der Waals surface area contributed by atoms with Crippen molar-refractivity contribution >= 4 is 21.8 Å². The standard InChI is InChI=1S/C13H19NO4S2/c1-13(15,9-19-2)8-14-20(16,17)11-3-4-12-10(7-11)5-6-18-12/h3-4,7,14-15H,5-6,8-9H2,1-2H3/t13-/m0/s1. The van der Waals surface area contributed by atoms with Crippen LogP contribution in [0.3, 0.4) is 0 Å². The quantitative estimate of drug-likeness (QED) is 0.819. The minimum Gasteiger partial charge on any atom is -0.493 e. The zero-order chi connectivity index (χ0) is 14.8. The Kier molecular flexibility index (Phi) is 4.63. The Morgan fingerprint density at radius 1 is 1.50 bits per heavy atom. The summed E-state index contributed by atoms with van der Waals surface area (Å²) in [7, 11) is -3.61. The summed E-state index contributed by atoms with van der Waals surface area (Å²) in [6, 6.07) is 4.83. The molecule has 0 aliphatic carbocycles. The number of benzene rings is 1. The number of ether oxygens (including phenoxy) is 1. The Morgan fingerprint density at radius 3 is 2.95 bits per heavy atom. The van der Waals surface area contributed by atoms with E-state index < -0.39 is 15.6 Å². The van der Waals surface area contributed by atoms with Gasteiger partial charge in [0.15, 0.2) is 0 Å². The summed E-state index contributed by atoms with van der Waals surface area (Å²) in [6.07, 6.45) is 2.59. The van der Waals surface area contributed by atoms with Crippen molar-refractivity contribution in [1.29, 1.82) is 0 Å². The molecule has 1 atom stereocenters. The SMILES string of the molecule is CSC[C@@](C)(O)CNS(=O)(=O)c1ccc2c(c1)CCO2. The number of thioether (sulfide) groups is 1. The van der Waals surface area contributed by atoms with E-state index in [1.165, 1.54) is 17.8 Å². The number of rotatable bonds is 6. The molecule has 0 amide bonds. The van der Waals surface area contributed by atoms with Gasteiger partial charge in [-0.15, -0.1) is 0 Å². The molecule has 0 unspecified atom stereocenters. The molecule has 0 radical (unpaired) electrons. The van der Waals surface area contributed by atoms with E-state index in [-0.39, 0.29) is 11.4 Å². The van der Waals surface area contributed by atoms with Gasteiger partial charge < -0.3 is 9.84 Å². The summed E-state index contributed by atoms with van der Waals surface area (Å²) < 4.78 is 32.2. The molecule has 2 N–H and O–H groups in total. The van der Waals surface area contributed by atoms with Crippen LogP contribution in [0.2, 0.25) is 0 Å². The lowest BCUT2D eigenvalue weighted by Gasteiger charge is -2.22. The zero-order valence-corrected chi connectivity index (χ0v) is 13.2. The van der Waals surface area contributed by atoms with Crippen LogP contribution in [0.25, 0.3) is 0 Å². The van der Waals surface area contributed by atoms with Gasteiger partial charge in [0.25, 0.3) is 0 Å². The molecule has 1 aliphatic rings. The number of nitrogens with one attached hydrogen (secondary N) is 1. The van der Waals surface area contributed by atoms with Crippen LogP contribution in [0.15, 0.2) is 23.1 Å². The highest BCUT2D eigenvalue weighted by molar-refractivity contribution is 7.98. The van der Waals surface area contributed by atoms with Crippen LogP contribution in [0.1, 0.15) is 12.5 Å². The normalized spacial score (nSPS) is 17.4. The first-order valence-corrected chi connectivity index (χ1v) is 9.18. The maximum absolute atomic E-state index is 12.2. The summed E-state index contributed by atoms with van der Waals surface area (Å²) in [5.41, 5.74) is -0.157. The van der Waals surface area contributed by atoms with Gasteiger partial charge in [-0.25, -0.2) is 13.1 Å². The molecule has 0 saturated carbocycles. The first kappa shape index (κ1) is 15.6. The van der Waals surface area contributed by atoms with Crippen LogP contribution in [-0.4, -0.2) is 44.3 Å². The van der Waals surface area contributed by atoms with Gasteiger partial charge in [-0.2, -0.15) is 11.8 Å². The molecule has 0 saturated heterocycles. The fourth-order valence-corrected chi connectivity index (χ4v) is 3.96. The zero-order valence-electron chi connectivity index (χ0n) is 11.5. The van der Waals surface area contributed by atoms with Crippen molar-refractivity contribution in [2.45, 2.75) is 23.8 Å². The second kappa shape index (κ2) is 5.93. The average Bonchev–Trinajstić information content (AvgIpc) is 2.84. The van der Waals surface area contributed by atoms with Crippen LogP contribution >= 0.6 is 11.8 Å². The van der Waals surface area contributed by atoms with Crippen molar-refractivity contribution < 1.29 is 18.3 Å². The fraction of sp³-hybridized carbons (Fsp3) is 0.538. The van der Waals surface area contributed by atoms with Gasteiger partial charge in [-0.3, -0.25) is 0 Å². The van der Waals surface area contributed by atoms with Crippen LogP contribution in [0.5, 0.6) is 5.75 Å². The Balaban J connectivity index is 2.11. The number of hydrogen-bond donors (Lipinski definition) is 2. The topological polar surface area (TPSA) is 75.6 Å². The maximum Gasteiger partial charge on any atom is 0.240 e. The second-order valence-electron chi connectivity index (χ2n) is 5.12. The maximum atomic E-state index is 12.2. The fourth-order valence-electron chi connectivity index (χ4n) is 2.03. The highest BCUT2D eigenvalue weighted by Gasteiger charge is 2.24. The van der Waals surface area contributed by atoms with E-state index in [9.17, 15) is 13.5 Å². The molecule has 20 heavy (non-hydrogen) atoms. The van der Waals surface area contributed by atoms with E-state index in [2.05, 4.69) is 4.72 Å². The highest BCUT2D eigenvalue weighted by Crippen LogP contribution is 2.27. The Morgan fingerprint density at radius 2 is 2.25 bits per heavy atom. The van der Waals surface area contributed by atoms with E-state index in [0.717, 1.165) is 17.7 Å². The van der Waals surface area contributed by atoms with Gasteiger partial charge >= 0.3 is 0 Å². The van der Waals surface area contributed by atoms with Crippen molar-refractivity contribution in [3.8, 4) is 5.75 Å². The van der Waals surface area contributed by atoms with Crippen molar-refractivity contribution in [3.05, 3.63) is 23.8 Å². The lowest BCUT2D eigenvalue weighted by atomic mass is 10.1. The summed E-state index contributed by atoms with van der Waals surface area (Å²) >= 11 is 1.47. The summed E-state index contributed by atoms with van der Waals surface area (Å²) in [6.45, 7) is 2.20. The van der Waals surface area contributed by atoms with E-state index >= 15 is 0 Å². The van der Waals surface area contributed by atoms with Crippen LogP contribution in [-0.2, 0) is 16.4 Å². The van der Waals surface area contributed by atoms with Gasteiger partial charge in [-0.1, -0.05) is 0 Å². The largest absolute Gasteiger partial charge is 0.493 e. The number of hydrogen-bond acceptors (Lipinski definition) is 5. The molecule has 0 fully saturated rings. The third kappa shape index (κ3) is 3.66. The average molecular weight is 317 g/mol. The van der Waals surface area contributed by atoms with Crippen molar-refractivity contribution in [2.75, 3.05) is 25.2 Å². The molecule has 1 aliphatic heterocycles. The van der Waals surface area contributed by atoms with E-state index in [1.807, 2.05) is 6.26 Å². The van der Waals surface area contributed by atoms with E-state index in [0.29, 0.717) is 12.4 Å². The van der Waals surface area contributed by atoms with Crippen molar-refractivity contribution in [2.24, 2.45) is 0 Å². The molecule has 0 bridgehead atoms. The van der Waals surface area contributed by atoms with Gasteiger partial charge in [-0.05, 0) is 36.9 Å². The molecule has 1 aromatic carbocycles. The Hall–Kier alpha value is -0.760. The molecule has 1 heterocycles. The summed E-state index contributed by atoms with van der Waals surface area (Å²) in [5, 5.41) is 10.0. The minimum atomic E-state index is -3.61. The minimum absolute atomic E-state index is 0.0102. The smallest absolute Gasteiger partial charge is 0.240 e. The van der Waals surface area contributed by atoms with Crippen LogP contribution in [0.4, 0.5) is 0 Å².